The van der Waals surface area contributed by atoms with E-state index in [1.54, 1.807) is 13.0 Å². The molecule has 1 aromatic carbocycles. The molecule has 0 saturated carbocycles. The van der Waals surface area contributed by atoms with Crippen molar-refractivity contribution in [2.24, 2.45) is 0 Å². The highest BCUT2D eigenvalue weighted by Crippen LogP contribution is 2.45. The molecule has 6 nitrogen and oxygen atoms in total. The van der Waals surface area contributed by atoms with Gasteiger partial charge in [0.2, 0.25) is 5.91 Å². The van der Waals surface area contributed by atoms with E-state index < -0.39 is 18.5 Å². The Kier molecular flexibility index (Phi) is 9.13. The predicted octanol–water partition coefficient (Wildman–Crippen LogP) is 5.74. The molecule has 1 aromatic rings. The number of anilines is 3. The summed E-state index contributed by atoms with van der Waals surface area (Å²) in [6, 6.07) is 1.68. The monoisotopic (exact) mass is 465 g/mol. The van der Waals surface area contributed by atoms with Crippen molar-refractivity contribution in [3.05, 3.63) is 47.6 Å². The third kappa shape index (κ3) is 6.87. The van der Waals surface area contributed by atoms with Gasteiger partial charge in [0, 0.05) is 18.5 Å². The molecule has 0 aromatic heterocycles. The van der Waals surface area contributed by atoms with Crippen LogP contribution in [0.4, 0.5) is 30.2 Å². The van der Waals surface area contributed by atoms with Crippen molar-refractivity contribution >= 4 is 28.9 Å². The standard InChI is InChI=1S/C21H22F3N3O3.C3H8/c1-3-5-14(12(4-2)11-21(22,23)24)20(29)26-15-10-13-6-7-16(28)27-17(13)18-19(15)30-9-8-25-18;1-3-2/h3-5,10,25H,2,6-9,11H2,1H3,(H,26,29)(H,27,28);3H2,1-2H3/b5-3-,14-12-;. The second-order valence-corrected chi connectivity index (χ2v) is 7.58. The fourth-order valence-corrected chi connectivity index (χ4v) is 3.43. The molecule has 0 bridgehead atoms. The minimum absolute atomic E-state index is 0.116. The van der Waals surface area contributed by atoms with Crippen molar-refractivity contribution in [3.8, 4) is 5.75 Å². The zero-order valence-corrected chi connectivity index (χ0v) is 19.1. The number of ether oxygens (including phenoxy) is 1. The molecule has 2 amide bonds. The summed E-state index contributed by atoms with van der Waals surface area (Å²) in [6.45, 7) is 10.1. The van der Waals surface area contributed by atoms with E-state index >= 15 is 0 Å². The number of alkyl halides is 3. The maximum atomic E-state index is 12.9. The third-order valence-corrected chi connectivity index (χ3v) is 4.71. The first-order valence-electron chi connectivity index (χ1n) is 10.9. The zero-order chi connectivity index (χ0) is 24.6. The molecular weight excluding hydrogens is 435 g/mol. The molecule has 2 heterocycles. The summed E-state index contributed by atoms with van der Waals surface area (Å²) in [4.78, 5) is 24.7. The van der Waals surface area contributed by atoms with Gasteiger partial charge in [-0.05, 0) is 30.5 Å². The lowest BCUT2D eigenvalue weighted by atomic mass is 9.98. The Labute approximate surface area is 192 Å². The summed E-state index contributed by atoms with van der Waals surface area (Å²) in [7, 11) is 0. The quantitative estimate of drug-likeness (QED) is 0.383. The van der Waals surface area contributed by atoms with E-state index in [-0.39, 0.29) is 17.1 Å². The summed E-state index contributed by atoms with van der Waals surface area (Å²) in [5, 5.41) is 8.65. The van der Waals surface area contributed by atoms with Crippen molar-refractivity contribution in [1.82, 2.24) is 0 Å². The van der Waals surface area contributed by atoms with Gasteiger partial charge in [-0.15, -0.1) is 0 Å². The number of carbonyl (C=O) groups excluding carboxylic acids is 2. The van der Waals surface area contributed by atoms with Crippen LogP contribution in [0.2, 0.25) is 0 Å². The molecule has 0 saturated heterocycles. The summed E-state index contributed by atoms with van der Waals surface area (Å²) in [6.07, 6.45) is 0.132. The molecule has 0 radical (unpaired) electrons. The summed E-state index contributed by atoms with van der Waals surface area (Å²) in [5.41, 5.74) is 1.93. The lowest BCUT2D eigenvalue weighted by Crippen LogP contribution is -2.26. The molecule has 0 aliphatic carbocycles. The molecule has 9 heteroatoms. The van der Waals surface area contributed by atoms with Crippen LogP contribution in [-0.4, -0.2) is 31.1 Å². The molecule has 33 heavy (non-hydrogen) atoms. The molecule has 0 atom stereocenters. The number of amides is 2. The number of aryl methyl sites for hydroxylation is 1. The SMILES string of the molecule is C=C/C(CC(F)(F)F)=C(\C=C/C)C(=O)Nc1cc2c(c3c1OCCN3)NC(=O)CC2.CCC. The largest absolute Gasteiger partial charge is 0.487 e. The highest BCUT2D eigenvalue weighted by Gasteiger charge is 2.31. The van der Waals surface area contributed by atoms with E-state index in [0.717, 1.165) is 11.6 Å². The van der Waals surface area contributed by atoms with Crippen LogP contribution in [0.3, 0.4) is 0 Å². The van der Waals surface area contributed by atoms with Crippen molar-refractivity contribution < 1.29 is 27.5 Å². The van der Waals surface area contributed by atoms with Crippen molar-refractivity contribution in [3.63, 3.8) is 0 Å². The molecule has 3 N–H and O–H groups in total. The first-order valence-corrected chi connectivity index (χ1v) is 10.9. The zero-order valence-electron chi connectivity index (χ0n) is 19.1. The number of halogens is 3. The Hall–Kier alpha value is -3.23. The van der Waals surface area contributed by atoms with Gasteiger partial charge in [0.15, 0.2) is 5.75 Å². The van der Waals surface area contributed by atoms with E-state index in [1.165, 1.54) is 18.6 Å². The first-order chi connectivity index (χ1) is 15.6. The Morgan fingerprint density at radius 2 is 1.97 bits per heavy atom. The fourth-order valence-electron chi connectivity index (χ4n) is 3.43. The lowest BCUT2D eigenvalue weighted by molar-refractivity contribution is -0.126. The molecule has 3 rings (SSSR count). The van der Waals surface area contributed by atoms with Gasteiger partial charge in [-0.1, -0.05) is 45.1 Å². The normalized spacial score (nSPS) is 15.5. The van der Waals surface area contributed by atoms with Crippen LogP contribution in [0.25, 0.3) is 0 Å². The van der Waals surface area contributed by atoms with Crippen molar-refractivity contribution in [2.45, 2.75) is 52.6 Å². The van der Waals surface area contributed by atoms with Crippen LogP contribution < -0.4 is 20.7 Å². The van der Waals surface area contributed by atoms with Crippen LogP contribution in [0, 0.1) is 0 Å². The summed E-state index contributed by atoms with van der Waals surface area (Å²) in [5.74, 6) is -0.482. The van der Waals surface area contributed by atoms with Gasteiger partial charge in [-0.3, -0.25) is 9.59 Å². The molecule has 0 spiro atoms. The second-order valence-electron chi connectivity index (χ2n) is 7.58. The van der Waals surface area contributed by atoms with E-state index in [0.29, 0.717) is 48.8 Å². The average molecular weight is 466 g/mol. The van der Waals surface area contributed by atoms with Crippen LogP contribution in [0.5, 0.6) is 5.75 Å². The fraction of sp³-hybridized carbons (Fsp3) is 0.417. The van der Waals surface area contributed by atoms with Crippen molar-refractivity contribution in [1.29, 1.82) is 0 Å². The number of rotatable bonds is 5. The van der Waals surface area contributed by atoms with Gasteiger partial charge < -0.3 is 20.7 Å². The summed E-state index contributed by atoms with van der Waals surface area (Å²) < 4.78 is 44.5. The van der Waals surface area contributed by atoms with Gasteiger partial charge in [0.25, 0.3) is 5.91 Å². The highest BCUT2D eigenvalue weighted by atomic mass is 19.4. The highest BCUT2D eigenvalue weighted by molar-refractivity contribution is 6.09. The Morgan fingerprint density at radius 1 is 1.27 bits per heavy atom. The predicted molar refractivity (Wildman–Crippen MR) is 125 cm³/mol. The third-order valence-electron chi connectivity index (χ3n) is 4.71. The minimum atomic E-state index is -4.48. The number of benzene rings is 1. The van der Waals surface area contributed by atoms with Gasteiger partial charge >= 0.3 is 6.18 Å². The molecule has 0 fully saturated rings. The molecule has 2 aliphatic rings. The van der Waals surface area contributed by atoms with Gasteiger partial charge in [0.1, 0.15) is 12.3 Å². The second kappa shape index (κ2) is 11.6. The minimum Gasteiger partial charge on any atom is -0.487 e. The number of hydrogen-bond donors (Lipinski definition) is 3. The smallest absolute Gasteiger partial charge is 0.393 e. The average Bonchev–Trinajstić information content (AvgIpc) is 2.76. The Bertz CT molecular complexity index is 966. The number of hydrogen-bond acceptors (Lipinski definition) is 4. The number of allylic oxidation sites excluding steroid dienone is 3. The van der Waals surface area contributed by atoms with E-state index in [9.17, 15) is 22.8 Å². The molecular formula is C24H30F3N3O3. The van der Waals surface area contributed by atoms with E-state index in [1.807, 2.05) is 0 Å². The number of nitrogens with one attached hydrogen (secondary N) is 3. The van der Waals surface area contributed by atoms with Crippen molar-refractivity contribution in [2.75, 3.05) is 29.1 Å². The van der Waals surface area contributed by atoms with E-state index in [4.69, 9.17) is 4.74 Å². The van der Waals surface area contributed by atoms with Crippen LogP contribution in [0.1, 0.15) is 45.6 Å². The number of fused-ring (bicyclic) bond motifs is 3. The first kappa shape index (κ1) is 26.0. The lowest BCUT2D eigenvalue weighted by Gasteiger charge is -2.28. The maximum Gasteiger partial charge on any atom is 0.393 e. The van der Waals surface area contributed by atoms with Crippen LogP contribution >= 0.6 is 0 Å². The maximum absolute atomic E-state index is 12.9. The molecule has 0 unspecified atom stereocenters. The van der Waals surface area contributed by atoms with Gasteiger partial charge in [0.05, 0.1) is 17.8 Å². The van der Waals surface area contributed by atoms with E-state index in [2.05, 4.69) is 36.4 Å². The van der Waals surface area contributed by atoms with Gasteiger partial charge in [-0.25, -0.2) is 0 Å². The van der Waals surface area contributed by atoms with Gasteiger partial charge in [-0.2, -0.15) is 13.2 Å². The summed E-state index contributed by atoms with van der Waals surface area (Å²) >= 11 is 0. The van der Waals surface area contributed by atoms with Crippen LogP contribution in [0.15, 0.2) is 42.0 Å². The Morgan fingerprint density at radius 3 is 2.58 bits per heavy atom. The number of carbonyl (C=O) groups is 2. The molecule has 180 valence electrons. The topological polar surface area (TPSA) is 79.5 Å². The Balaban J connectivity index is 0.00000122. The molecule has 2 aliphatic heterocycles. The van der Waals surface area contributed by atoms with Crippen LogP contribution in [-0.2, 0) is 16.0 Å².